The Kier molecular flexibility index (Phi) is 3.67. The van der Waals surface area contributed by atoms with Crippen molar-refractivity contribution in [1.82, 2.24) is 0 Å². The number of alkyl halides is 3. The first-order valence-corrected chi connectivity index (χ1v) is 7.52. The zero-order chi connectivity index (χ0) is 16.1. The number of fused-ring (bicyclic) bond motifs is 2. The molecule has 22 heavy (non-hydrogen) atoms. The van der Waals surface area contributed by atoms with Crippen LogP contribution in [0.2, 0.25) is 0 Å². The number of carbonyl (C=O) groups is 1. The summed E-state index contributed by atoms with van der Waals surface area (Å²) in [7, 11) is 0. The number of nitrogens with one attached hydrogen (secondary N) is 1. The fourth-order valence-electron chi connectivity index (χ4n) is 4.02. The van der Waals surface area contributed by atoms with E-state index in [1.54, 1.807) is 0 Å². The maximum atomic E-state index is 12.9. The molecule has 2 aliphatic carbocycles. The molecule has 1 aromatic carbocycles. The van der Waals surface area contributed by atoms with E-state index in [-0.39, 0.29) is 35.0 Å². The van der Waals surface area contributed by atoms with Crippen molar-refractivity contribution in [3.05, 3.63) is 29.3 Å². The summed E-state index contributed by atoms with van der Waals surface area (Å²) < 4.78 is 38.8. The highest BCUT2D eigenvalue weighted by Gasteiger charge is 2.49. The molecule has 0 radical (unpaired) electrons. The van der Waals surface area contributed by atoms with Gasteiger partial charge in [0.05, 0.1) is 11.5 Å². The molecule has 0 saturated heterocycles. The highest BCUT2D eigenvalue weighted by atomic mass is 19.4. The van der Waals surface area contributed by atoms with E-state index in [2.05, 4.69) is 5.32 Å². The van der Waals surface area contributed by atoms with E-state index >= 15 is 0 Å². The van der Waals surface area contributed by atoms with E-state index < -0.39 is 11.7 Å². The smallest absolute Gasteiger partial charge is 0.327 e. The number of rotatable bonds is 2. The molecule has 0 aliphatic heterocycles. The molecule has 0 spiro atoms. The summed E-state index contributed by atoms with van der Waals surface area (Å²) in [5.41, 5.74) is 5.65. The fourth-order valence-corrected chi connectivity index (χ4v) is 4.02. The first-order chi connectivity index (χ1) is 10.3. The molecular formula is C16H19F3N2O. The second kappa shape index (κ2) is 5.26. The SMILES string of the molecule is Cc1c(NC(=O)C2C3CCC(C3)C2N)cccc1C(F)(F)F. The van der Waals surface area contributed by atoms with E-state index in [4.69, 9.17) is 5.73 Å². The second-order valence-electron chi connectivity index (χ2n) is 6.40. The number of nitrogens with two attached hydrogens (primary N) is 1. The Morgan fingerprint density at radius 1 is 1.27 bits per heavy atom. The molecule has 0 heterocycles. The van der Waals surface area contributed by atoms with Crippen molar-refractivity contribution >= 4 is 11.6 Å². The Hall–Kier alpha value is -1.56. The molecule has 1 aromatic rings. The zero-order valence-corrected chi connectivity index (χ0v) is 12.3. The Balaban J connectivity index is 1.81. The van der Waals surface area contributed by atoms with Crippen LogP contribution in [0, 0.1) is 24.7 Å². The van der Waals surface area contributed by atoms with Gasteiger partial charge in [-0.3, -0.25) is 4.79 Å². The normalized spacial score (nSPS) is 30.6. The van der Waals surface area contributed by atoms with E-state index in [9.17, 15) is 18.0 Å². The van der Waals surface area contributed by atoms with Gasteiger partial charge in [0, 0.05) is 11.7 Å². The standard InChI is InChI=1S/C16H19F3N2O/c1-8-11(16(17,18)19)3-2-4-12(8)21-15(22)13-9-5-6-10(7-9)14(13)20/h2-4,9-10,13-14H,5-7,20H2,1H3,(H,21,22). The monoisotopic (exact) mass is 312 g/mol. The lowest BCUT2D eigenvalue weighted by molar-refractivity contribution is -0.138. The van der Waals surface area contributed by atoms with E-state index in [0.29, 0.717) is 5.92 Å². The van der Waals surface area contributed by atoms with Crippen LogP contribution in [0.3, 0.4) is 0 Å². The van der Waals surface area contributed by atoms with Gasteiger partial charge in [0.15, 0.2) is 0 Å². The molecule has 1 amide bonds. The molecule has 3 N–H and O–H groups in total. The van der Waals surface area contributed by atoms with Gasteiger partial charge in [-0.05, 0) is 55.7 Å². The van der Waals surface area contributed by atoms with Gasteiger partial charge >= 0.3 is 6.18 Å². The summed E-state index contributed by atoms with van der Waals surface area (Å²) >= 11 is 0. The summed E-state index contributed by atoms with van der Waals surface area (Å²) in [6.45, 7) is 1.37. The zero-order valence-electron chi connectivity index (χ0n) is 12.3. The predicted octanol–water partition coefficient (Wildman–Crippen LogP) is 3.33. The number of halogens is 3. The third-order valence-electron chi connectivity index (χ3n) is 5.18. The lowest BCUT2D eigenvalue weighted by Crippen LogP contribution is -2.42. The van der Waals surface area contributed by atoms with Crippen LogP contribution in [0.4, 0.5) is 18.9 Å². The number of hydrogen-bond acceptors (Lipinski definition) is 2. The molecule has 120 valence electrons. The Morgan fingerprint density at radius 2 is 1.95 bits per heavy atom. The van der Waals surface area contributed by atoms with E-state index in [1.807, 2.05) is 0 Å². The van der Waals surface area contributed by atoms with Crippen LogP contribution in [0.25, 0.3) is 0 Å². The summed E-state index contributed by atoms with van der Waals surface area (Å²) in [5, 5.41) is 2.66. The molecule has 0 aromatic heterocycles. The van der Waals surface area contributed by atoms with Crippen LogP contribution in [0.5, 0.6) is 0 Å². The molecule has 2 bridgehead atoms. The maximum absolute atomic E-state index is 12.9. The van der Waals surface area contributed by atoms with Crippen LogP contribution < -0.4 is 11.1 Å². The van der Waals surface area contributed by atoms with Crippen LogP contribution in [-0.2, 0) is 11.0 Å². The lowest BCUT2D eigenvalue weighted by Gasteiger charge is -2.27. The quantitative estimate of drug-likeness (QED) is 0.880. The topological polar surface area (TPSA) is 55.1 Å². The highest BCUT2D eigenvalue weighted by Crippen LogP contribution is 2.48. The van der Waals surface area contributed by atoms with Crippen molar-refractivity contribution in [1.29, 1.82) is 0 Å². The molecule has 2 aliphatic rings. The molecule has 4 unspecified atom stereocenters. The summed E-state index contributed by atoms with van der Waals surface area (Å²) in [6.07, 6.45) is -1.43. The van der Waals surface area contributed by atoms with Gasteiger partial charge in [0.25, 0.3) is 0 Å². The van der Waals surface area contributed by atoms with Gasteiger partial charge in [-0.2, -0.15) is 13.2 Å². The lowest BCUT2D eigenvalue weighted by atomic mass is 9.84. The van der Waals surface area contributed by atoms with Crippen molar-refractivity contribution in [2.24, 2.45) is 23.5 Å². The van der Waals surface area contributed by atoms with Crippen molar-refractivity contribution < 1.29 is 18.0 Å². The summed E-state index contributed by atoms with van der Waals surface area (Å²) in [6, 6.07) is 3.66. The maximum Gasteiger partial charge on any atom is 0.416 e. The molecular weight excluding hydrogens is 293 g/mol. The van der Waals surface area contributed by atoms with Crippen molar-refractivity contribution in [3.63, 3.8) is 0 Å². The second-order valence-corrected chi connectivity index (χ2v) is 6.40. The van der Waals surface area contributed by atoms with Crippen LogP contribution >= 0.6 is 0 Å². The van der Waals surface area contributed by atoms with E-state index in [0.717, 1.165) is 25.3 Å². The highest BCUT2D eigenvalue weighted by molar-refractivity contribution is 5.94. The van der Waals surface area contributed by atoms with Crippen molar-refractivity contribution in [2.75, 3.05) is 5.32 Å². The molecule has 2 saturated carbocycles. The summed E-state index contributed by atoms with van der Waals surface area (Å²) in [4.78, 5) is 12.5. The van der Waals surface area contributed by atoms with Crippen molar-refractivity contribution in [2.45, 2.75) is 38.4 Å². The van der Waals surface area contributed by atoms with Gasteiger partial charge in [0.2, 0.25) is 5.91 Å². The Labute approximate surface area is 127 Å². The van der Waals surface area contributed by atoms with Crippen LogP contribution in [0.15, 0.2) is 18.2 Å². The Bertz CT molecular complexity index is 598. The summed E-state index contributed by atoms with van der Waals surface area (Å²) in [5.74, 6) is 0.115. The molecule has 3 rings (SSSR count). The van der Waals surface area contributed by atoms with Gasteiger partial charge in [-0.25, -0.2) is 0 Å². The third-order valence-corrected chi connectivity index (χ3v) is 5.18. The minimum absolute atomic E-state index is 0.0417. The predicted molar refractivity (Wildman–Crippen MR) is 77.1 cm³/mol. The fraction of sp³-hybridized carbons (Fsp3) is 0.562. The molecule has 2 fully saturated rings. The van der Waals surface area contributed by atoms with Crippen molar-refractivity contribution in [3.8, 4) is 0 Å². The number of amides is 1. The van der Waals surface area contributed by atoms with Gasteiger partial charge in [-0.1, -0.05) is 6.07 Å². The minimum Gasteiger partial charge on any atom is -0.327 e. The van der Waals surface area contributed by atoms with Gasteiger partial charge in [-0.15, -0.1) is 0 Å². The first kappa shape index (κ1) is 15.3. The average molecular weight is 312 g/mol. The van der Waals surface area contributed by atoms with Gasteiger partial charge < -0.3 is 11.1 Å². The van der Waals surface area contributed by atoms with Crippen LogP contribution in [-0.4, -0.2) is 11.9 Å². The molecule has 6 heteroatoms. The average Bonchev–Trinajstić information content (AvgIpc) is 3.00. The third kappa shape index (κ3) is 2.49. The first-order valence-electron chi connectivity index (χ1n) is 7.52. The van der Waals surface area contributed by atoms with Crippen LogP contribution in [0.1, 0.15) is 30.4 Å². The number of carbonyl (C=O) groups excluding carboxylic acids is 1. The number of anilines is 1. The van der Waals surface area contributed by atoms with E-state index in [1.165, 1.54) is 19.1 Å². The largest absolute Gasteiger partial charge is 0.416 e. The molecule has 3 nitrogen and oxygen atoms in total. The Morgan fingerprint density at radius 3 is 2.55 bits per heavy atom. The minimum atomic E-state index is -4.42. The number of hydrogen-bond donors (Lipinski definition) is 2. The molecule has 4 atom stereocenters. The number of benzene rings is 1. The van der Waals surface area contributed by atoms with Gasteiger partial charge in [0.1, 0.15) is 0 Å².